The molecule has 0 radical (unpaired) electrons. The van der Waals surface area contributed by atoms with Crippen molar-refractivity contribution in [3.63, 3.8) is 0 Å². The first-order valence-corrected chi connectivity index (χ1v) is 12.6. The second-order valence-corrected chi connectivity index (χ2v) is 9.76. The van der Waals surface area contributed by atoms with Gasteiger partial charge in [-0.25, -0.2) is 18.6 Å². The third-order valence-electron chi connectivity index (χ3n) is 6.52. The number of hydrogen-bond acceptors (Lipinski definition) is 4. The summed E-state index contributed by atoms with van der Waals surface area (Å²) < 4.78 is 43.2. The first-order valence-electron chi connectivity index (χ1n) is 11.8. The number of hydrogen-bond donors (Lipinski definition) is 1. The highest BCUT2D eigenvalue weighted by Gasteiger charge is 2.26. The Morgan fingerprint density at radius 2 is 2.00 bits per heavy atom. The SMILES string of the molecule is N#Cc1ccc2c(c1)c1c(n2C(=O)NCc2ccnc(F)c2)CCN(CC=Cc2ccc(Br)c(F)c2F)C1. The maximum Gasteiger partial charge on any atom is 0.326 e. The lowest BCUT2D eigenvalue weighted by atomic mass is 10.0. The lowest BCUT2D eigenvalue weighted by molar-refractivity contribution is 0.240. The van der Waals surface area contributed by atoms with Gasteiger partial charge < -0.3 is 5.32 Å². The number of benzene rings is 2. The molecule has 3 heterocycles. The van der Waals surface area contributed by atoms with E-state index in [1.165, 1.54) is 24.4 Å². The van der Waals surface area contributed by atoms with Crippen molar-refractivity contribution in [2.24, 2.45) is 0 Å². The molecule has 1 amide bonds. The number of amides is 1. The van der Waals surface area contributed by atoms with Crippen molar-refractivity contribution in [1.29, 1.82) is 5.26 Å². The fourth-order valence-electron chi connectivity index (χ4n) is 4.68. The minimum absolute atomic E-state index is 0.0702. The molecular formula is C28H21BrF3N5O. The van der Waals surface area contributed by atoms with E-state index in [4.69, 9.17) is 0 Å². The van der Waals surface area contributed by atoms with Crippen molar-refractivity contribution in [3.8, 4) is 6.07 Å². The Morgan fingerprint density at radius 1 is 1.16 bits per heavy atom. The zero-order valence-corrected chi connectivity index (χ0v) is 21.6. The van der Waals surface area contributed by atoms with Crippen molar-refractivity contribution in [3.05, 3.63) is 105 Å². The van der Waals surface area contributed by atoms with Gasteiger partial charge in [0.15, 0.2) is 11.6 Å². The summed E-state index contributed by atoms with van der Waals surface area (Å²) in [6, 6.07) is 12.9. The Kier molecular flexibility index (Phi) is 7.31. The van der Waals surface area contributed by atoms with Gasteiger partial charge in [0, 0.05) is 55.4 Å². The van der Waals surface area contributed by atoms with E-state index in [9.17, 15) is 23.2 Å². The van der Waals surface area contributed by atoms with Gasteiger partial charge in [0.1, 0.15) is 0 Å². The quantitative estimate of drug-likeness (QED) is 0.235. The van der Waals surface area contributed by atoms with Crippen LogP contribution < -0.4 is 5.32 Å². The molecule has 4 aromatic rings. The van der Waals surface area contributed by atoms with Gasteiger partial charge in [0.2, 0.25) is 5.95 Å². The van der Waals surface area contributed by atoms with Crippen LogP contribution in [0.5, 0.6) is 0 Å². The molecule has 1 aliphatic heterocycles. The van der Waals surface area contributed by atoms with Crippen molar-refractivity contribution < 1.29 is 18.0 Å². The molecule has 0 saturated heterocycles. The molecule has 2 aromatic heterocycles. The second kappa shape index (κ2) is 10.8. The first kappa shape index (κ1) is 25.7. The van der Waals surface area contributed by atoms with Crippen LogP contribution in [0, 0.1) is 28.9 Å². The van der Waals surface area contributed by atoms with Crippen molar-refractivity contribution in [1.82, 2.24) is 19.8 Å². The molecule has 1 N–H and O–H groups in total. The minimum atomic E-state index is -0.928. The van der Waals surface area contributed by atoms with Crippen LogP contribution in [-0.2, 0) is 19.5 Å². The van der Waals surface area contributed by atoms with Gasteiger partial charge >= 0.3 is 6.03 Å². The molecule has 10 heteroatoms. The monoisotopic (exact) mass is 579 g/mol. The highest BCUT2D eigenvalue weighted by Crippen LogP contribution is 2.32. The summed E-state index contributed by atoms with van der Waals surface area (Å²) >= 11 is 2.98. The number of halogens is 4. The van der Waals surface area contributed by atoms with Gasteiger partial charge in [-0.15, -0.1) is 0 Å². The van der Waals surface area contributed by atoms with Crippen LogP contribution in [0.2, 0.25) is 0 Å². The van der Waals surface area contributed by atoms with Crippen molar-refractivity contribution in [2.75, 3.05) is 13.1 Å². The number of fused-ring (bicyclic) bond motifs is 3. The molecule has 1 aliphatic rings. The molecular weight excluding hydrogens is 559 g/mol. The number of pyridine rings is 1. The molecule has 0 saturated carbocycles. The maximum absolute atomic E-state index is 14.2. The van der Waals surface area contributed by atoms with E-state index >= 15 is 0 Å². The van der Waals surface area contributed by atoms with E-state index in [1.807, 2.05) is 0 Å². The van der Waals surface area contributed by atoms with Gasteiger partial charge in [-0.05, 0) is 63.5 Å². The third-order valence-corrected chi connectivity index (χ3v) is 7.13. The lowest BCUT2D eigenvalue weighted by Crippen LogP contribution is -2.34. The van der Waals surface area contributed by atoms with Crippen LogP contribution in [-0.4, -0.2) is 33.6 Å². The lowest BCUT2D eigenvalue weighted by Gasteiger charge is -2.27. The number of nitrogens with one attached hydrogen (secondary N) is 1. The average Bonchev–Trinajstić information content (AvgIpc) is 3.24. The molecule has 2 aromatic carbocycles. The predicted molar refractivity (Wildman–Crippen MR) is 141 cm³/mol. The Labute approximate surface area is 225 Å². The van der Waals surface area contributed by atoms with Gasteiger partial charge in [-0.2, -0.15) is 9.65 Å². The van der Waals surface area contributed by atoms with Gasteiger partial charge in [-0.3, -0.25) is 9.47 Å². The topological polar surface area (TPSA) is 74.0 Å². The summed E-state index contributed by atoms with van der Waals surface area (Å²) in [7, 11) is 0. The summed E-state index contributed by atoms with van der Waals surface area (Å²) in [6.45, 7) is 1.77. The largest absolute Gasteiger partial charge is 0.333 e. The Balaban J connectivity index is 1.39. The minimum Gasteiger partial charge on any atom is -0.333 e. The smallest absolute Gasteiger partial charge is 0.326 e. The highest BCUT2D eigenvalue weighted by molar-refractivity contribution is 9.10. The average molecular weight is 580 g/mol. The van der Waals surface area contributed by atoms with Crippen LogP contribution in [0.4, 0.5) is 18.0 Å². The van der Waals surface area contributed by atoms with Crippen LogP contribution in [0.15, 0.2) is 59.2 Å². The normalized spacial score (nSPS) is 13.6. The van der Waals surface area contributed by atoms with E-state index in [-0.39, 0.29) is 22.6 Å². The molecule has 6 nitrogen and oxygen atoms in total. The molecule has 0 atom stereocenters. The first-order chi connectivity index (χ1) is 18.4. The maximum atomic E-state index is 14.2. The number of nitriles is 1. The molecule has 0 aliphatic carbocycles. The Morgan fingerprint density at radius 3 is 2.79 bits per heavy atom. The zero-order valence-electron chi connectivity index (χ0n) is 20.0. The van der Waals surface area contributed by atoms with Crippen molar-refractivity contribution in [2.45, 2.75) is 19.5 Å². The zero-order chi connectivity index (χ0) is 26.8. The van der Waals surface area contributed by atoms with Crippen LogP contribution in [0.3, 0.4) is 0 Å². The number of nitrogens with zero attached hydrogens (tertiary/aromatic N) is 4. The highest BCUT2D eigenvalue weighted by atomic mass is 79.9. The van der Waals surface area contributed by atoms with E-state index in [2.05, 4.69) is 37.2 Å². The summed E-state index contributed by atoms with van der Waals surface area (Å²) in [5.41, 5.74) is 3.68. The van der Waals surface area contributed by atoms with Crippen LogP contribution >= 0.6 is 15.9 Å². The Hall–Kier alpha value is -3.94. The predicted octanol–water partition coefficient (Wildman–Crippen LogP) is 5.92. The summed E-state index contributed by atoms with van der Waals surface area (Å²) in [5, 5.41) is 13.1. The number of carbonyl (C=O) groups is 1. The molecule has 0 bridgehead atoms. The fraction of sp³-hybridized carbons (Fsp3) is 0.179. The van der Waals surface area contributed by atoms with E-state index < -0.39 is 17.6 Å². The van der Waals surface area contributed by atoms with Gasteiger partial charge in [0.25, 0.3) is 0 Å². The molecule has 192 valence electrons. The Bertz CT molecular complexity index is 1630. The standard InChI is InChI=1S/C28H21BrF3N5O/c29-22-5-4-19(26(31)27(22)32)2-1-10-36-11-8-24-21(16-36)20-12-17(14-33)3-6-23(20)37(24)28(38)35-15-18-7-9-34-25(30)13-18/h1-7,9,12-13H,8,10-11,15-16H2,(H,35,38). The third kappa shape index (κ3) is 5.08. The molecule has 0 fully saturated rings. The second-order valence-electron chi connectivity index (χ2n) is 8.90. The van der Waals surface area contributed by atoms with Crippen LogP contribution in [0.1, 0.15) is 27.9 Å². The number of rotatable bonds is 5. The van der Waals surface area contributed by atoms with Gasteiger partial charge in [0.05, 0.1) is 21.6 Å². The summed E-state index contributed by atoms with van der Waals surface area (Å²) in [5.74, 6) is -2.46. The van der Waals surface area contributed by atoms with E-state index in [0.717, 1.165) is 16.6 Å². The van der Waals surface area contributed by atoms with Crippen molar-refractivity contribution >= 4 is 38.9 Å². The summed E-state index contributed by atoms with van der Waals surface area (Å²) in [4.78, 5) is 18.9. The molecule has 5 rings (SSSR count). The number of aromatic nitrogens is 2. The molecule has 38 heavy (non-hydrogen) atoms. The summed E-state index contributed by atoms with van der Waals surface area (Å²) in [6.07, 6.45) is 5.24. The van der Waals surface area contributed by atoms with Gasteiger partial charge in [-0.1, -0.05) is 18.2 Å². The van der Waals surface area contributed by atoms with E-state index in [1.54, 1.807) is 41.0 Å². The number of carbonyl (C=O) groups excluding carboxylic acids is 1. The van der Waals surface area contributed by atoms with Crippen LogP contribution in [0.25, 0.3) is 17.0 Å². The molecule has 0 unspecified atom stereocenters. The van der Waals surface area contributed by atoms with E-state index in [0.29, 0.717) is 42.7 Å². The fourth-order valence-corrected chi connectivity index (χ4v) is 4.99. The molecule has 0 spiro atoms.